The molecule has 0 aliphatic carbocycles. The van der Waals surface area contributed by atoms with Crippen molar-refractivity contribution in [1.29, 1.82) is 0 Å². The largest absolute Gasteiger partial charge is 0.435 e. The first-order valence-electron chi connectivity index (χ1n) is 11.3. The number of rotatable bonds is 7. The number of nitrogens with one attached hydrogen (secondary N) is 3. The average Bonchev–Trinajstić information content (AvgIpc) is 3.54. The number of carbonyl (C=O) groups is 1. The van der Waals surface area contributed by atoms with Gasteiger partial charge in [0, 0.05) is 43.0 Å². The Balaban J connectivity index is 1.55. The number of amides is 1. The summed E-state index contributed by atoms with van der Waals surface area (Å²) in [5, 5.41) is 10.1. The Kier molecular flexibility index (Phi) is 6.22. The third-order valence-corrected chi connectivity index (χ3v) is 5.72. The van der Waals surface area contributed by atoms with Crippen LogP contribution in [0, 0.1) is 18.6 Å². The van der Waals surface area contributed by atoms with Crippen molar-refractivity contribution in [3.63, 3.8) is 0 Å². The molecule has 5 aromatic rings. The van der Waals surface area contributed by atoms with Gasteiger partial charge in [-0.2, -0.15) is 5.10 Å². The van der Waals surface area contributed by atoms with Crippen molar-refractivity contribution in [2.45, 2.75) is 13.8 Å². The number of H-pyrrole nitrogens is 2. The lowest BCUT2D eigenvalue weighted by molar-refractivity contribution is 0.0799. The fraction of sp³-hybridized carbons (Fsp3) is 0.160. The zero-order valence-electron chi connectivity index (χ0n) is 20.1. The van der Waals surface area contributed by atoms with E-state index in [1.165, 1.54) is 11.0 Å². The summed E-state index contributed by atoms with van der Waals surface area (Å²) in [6, 6.07) is 9.53. The molecule has 10 nitrogen and oxygen atoms in total. The second-order valence-corrected chi connectivity index (χ2v) is 8.24. The number of aromatic nitrogens is 6. The molecule has 0 saturated heterocycles. The van der Waals surface area contributed by atoms with Gasteiger partial charge in [0.05, 0.1) is 16.9 Å². The summed E-state index contributed by atoms with van der Waals surface area (Å²) in [6.45, 7) is 3.85. The fourth-order valence-corrected chi connectivity index (χ4v) is 3.74. The molecule has 0 aliphatic rings. The van der Waals surface area contributed by atoms with Crippen LogP contribution in [-0.4, -0.2) is 54.5 Å². The standard InChI is InChI=1S/C25H22F2N8O2/c1-4-35(3)25(36)20-23(32-19-11-17(33-34-19)16-7-5-6-8-28-16)29-12-30-24(20)37-18-10-15(26)22-14(21(18)27)9-13(2)31-22/h5-12,31H,4H2,1-3H3,(H2,29,30,32,33,34). The molecule has 4 heterocycles. The van der Waals surface area contributed by atoms with E-state index in [2.05, 4.69) is 35.5 Å². The lowest BCUT2D eigenvalue weighted by atomic mass is 10.2. The first-order chi connectivity index (χ1) is 17.9. The van der Waals surface area contributed by atoms with Crippen LogP contribution in [0.15, 0.2) is 48.9 Å². The molecule has 0 radical (unpaired) electrons. The number of aromatic amines is 2. The number of ether oxygens (including phenoxy) is 1. The molecule has 1 aromatic carbocycles. The predicted molar refractivity (Wildman–Crippen MR) is 133 cm³/mol. The molecular weight excluding hydrogens is 482 g/mol. The van der Waals surface area contributed by atoms with Crippen molar-refractivity contribution in [2.75, 3.05) is 18.9 Å². The van der Waals surface area contributed by atoms with Crippen LogP contribution in [0.4, 0.5) is 20.4 Å². The molecule has 0 aliphatic heterocycles. The van der Waals surface area contributed by atoms with Gasteiger partial charge in [-0.3, -0.25) is 14.9 Å². The molecule has 4 aromatic heterocycles. The maximum Gasteiger partial charge on any atom is 0.262 e. The van der Waals surface area contributed by atoms with Crippen LogP contribution in [0.25, 0.3) is 22.3 Å². The Bertz CT molecular complexity index is 1600. The first-order valence-corrected chi connectivity index (χ1v) is 11.3. The monoisotopic (exact) mass is 504 g/mol. The molecule has 0 saturated carbocycles. The van der Waals surface area contributed by atoms with Gasteiger partial charge in [-0.15, -0.1) is 0 Å². The molecule has 0 spiro atoms. The summed E-state index contributed by atoms with van der Waals surface area (Å²) < 4.78 is 35.6. The minimum absolute atomic E-state index is 0.0247. The number of halogens is 2. The SMILES string of the molecule is CCN(C)C(=O)c1c(Nc2cc(-c3ccccn3)[nH]n2)ncnc1Oc1cc(F)c2[nH]c(C)cc2c1F. The second kappa shape index (κ2) is 9.64. The van der Waals surface area contributed by atoms with Crippen LogP contribution in [0.3, 0.4) is 0 Å². The first kappa shape index (κ1) is 23.9. The Labute approximate surface area is 209 Å². The molecular formula is C25H22F2N8O2. The number of fused-ring (bicyclic) bond motifs is 1. The number of hydrogen-bond donors (Lipinski definition) is 3. The van der Waals surface area contributed by atoms with Gasteiger partial charge >= 0.3 is 0 Å². The summed E-state index contributed by atoms with van der Waals surface area (Å²) >= 11 is 0. The van der Waals surface area contributed by atoms with Gasteiger partial charge in [0.25, 0.3) is 5.91 Å². The van der Waals surface area contributed by atoms with Crippen molar-refractivity contribution in [2.24, 2.45) is 0 Å². The number of aryl methyl sites for hydroxylation is 1. The fourth-order valence-electron chi connectivity index (χ4n) is 3.74. The smallest absolute Gasteiger partial charge is 0.262 e. The molecule has 37 heavy (non-hydrogen) atoms. The molecule has 188 valence electrons. The van der Waals surface area contributed by atoms with Crippen molar-refractivity contribution in [3.05, 3.63) is 71.8 Å². The van der Waals surface area contributed by atoms with E-state index < -0.39 is 23.3 Å². The number of pyridine rings is 1. The number of hydrogen-bond acceptors (Lipinski definition) is 7. The number of anilines is 2. The average molecular weight is 505 g/mol. The van der Waals surface area contributed by atoms with Crippen LogP contribution >= 0.6 is 0 Å². The van der Waals surface area contributed by atoms with E-state index in [4.69, 9.17) is 4.74 Å². The van der Waals surface area contributed by atoms with Gasteiger partial charge < -0.3 is 19.9 Å². The van der Waals surface area contributed by atoms with Crippen molar-refractivity contribution < 1.29 is 18.3 Å². The van der Waals surface area contributed by atoms with E-state index in [1.807, 2.05) is 12.1 Å². The summed E-state index contributed by atoms with van der Waals surface area (Å²) in [6.07, 6.45) is 2.81. The van der Waals surface area contributed by atoms with E-state index in [9.17, 15) is 9.18 Å². The maximum atomic E-state index is 15.2. The summed E-state index contributed by atoms with van der Waals surface area (Å²) in [5.41, 5.74) is 1.85. The van der Waals surface area contributed by atoms with Crippen LogP contribution in [-0.2, 0) is 0 Å². The summed E-state index contributed by atoms with van der Waals surface area (Å²) in [7, 11) is 1.59. The zero-order valence-corrected chi connectivity index (χ0v) is 20.1. The van der Waals surface area contributed by atoms with Gasteiger partial charge in [0.2, 0.25) is 5.88 Å². The van der Waals surface area contributed by atoms with Gasteiger partial charge in [-0.1, -0.05) is 6.07 Å². The Morgan fingerprint density at radius 3 is 2.76 bits per heavy atom. The van der Waals surface area contributed by atoms with E-state index in [1.54, 1.807) is 39.2 Å². The molecule has 0 atom stereocenters. The Hall–Kier alpha value is -4.87. The molecule has 1 amide bonds. The molecule has 0 fully saturated rings. The normalized spacial score (nSPS) is 11.1. The highest BCUT2D eigenvalue weighted by Crippen LogP contribution is 2.35. The third kappa shape index (κ3) is 4.56. The van der Waals surface area contributed by atoms with Crippen molar-refractivity contribution >= 4 is 28.4 Å². The zero-order chi connectivity index (χ0) is 26.1. The van der Waals surface area contributed by atoms with Crippen LogP contribution < -0.4 is 10.1 Å². The van der Waals surface area contributed by atoms with Gasteiger partial charge in [-0.25, -0.2) is 18.7 Å². The lowest BCUT2D eigenvalue weighted by Gasteiger charge is -2.19. The lowest BCUT2D eigenvalue weighted by Crippen LogP contribution is -2.28. The van der Waals surface area contributed by atoms with Gasteiger partial charge in [0.1, 0.15) is 11.9 Å². The number of nitrogens with zero attached hydrogens (tertiary/aromatic N) is 5. The minimum Gasteiger partial charge on any atom is -0.435 e. The Morgan fingerprint density at radius 2 is 2.00 bits per heavy atom. The van der Waals surface area contributed by atoms with Crippen molar-refractivity contribution in [1.82, 2.24) is 35.0 Å². The molecule has 0 unspecified atom stereocenters. The minimum atomic E-state index is -0.788. The van der Waals surface area contributed by atoms with E-state index in [-0.39, 0.29) is 28.2 Å². The van der Waals surface area contributed by atoms with Gasteiger partial charge in [0.15, 0.2) is 29.0 Å². The highest BCUT2D eigenvalue weighted by molar-refractivity contribution is 6.01. The maximum absolute atomic E-state index is 15.2. The van der Waals surface area contributed by atoms with Crippen LogP contribution in [0.1, 0.15) is 23.0 Å². The van der Waals surface area contributed by atoms with Crippen LogP contribution in [0.2, 0.25) is 0 Å². The Morgan fingerprint density at radius 1 is 1.16 bits per heavy atom. The summed E-state index contributed by atoms with van der Waals surface area (Å²) in [5.74, 6) is -2.21. The second-order valence-electron chi connectivity index (χ2n) is 8.24. The highest BCUT2D eigenvalue weighted by atomic mass is 19.1. The van der Waals surface area contributed by atoms with Crippen LogP contribution in [0.5, 0.6) is 11.6 Å². The quantitative estimate of drug-likeness (QED) is 0.286. The highest BCUT2D eigenvalue weighted by Gasteiger charge is 2.26. The van der Waals surface area contributed by atoms with Crippen molar-refractivity contribution in [3.8, 4) is 23.0 Å². The number of benzene rings is 1. The van der Waals surface area contributed by atoms with E-state index in [0.29, 0.717) is 29.4 Å². The third-order valence-electron chi connectivity index (χ3n) is 5.72. The topological polar surface area (TPSA) is 125 Å². The molecule has 0 bridgehead atoms. The molecule has 12 heteroatoms. The molecule has 3 N–H and O–H groups in total. The van der Waals surface area contributed by atoms with E-state index >= 15 is 4.39 Å². The molecule has 5 rings (SSSR count). The van der Waals surface area contributed by atoms with Gasteiger partial charge in [-0.05, 0) is 32.0 Å². The van der Waals surface area contributed by atoms with E-state index in [0.717, 1.165) is 12.4 Å². The number of carbonyl (C=O) groups excluding carboxylic acids is 1. The predicted octanol–water partition coefficient (Wildman–Crippen LogP) is 4.96. The summed E-state index contributed by atoms with van der Waals surface area (Å²) in [4.78, 5) is 30.0.